The molecule has 1 aromatic carbocycles. The Morgan fingerprint density at radius 1 is 1.27 bits per heavy atom. The summed E-state index contributed by atoms with van der Waals surface area (Å²) < 4.78 is 15.5. The Hall–Kier alpha value is -0.160. The second kappa shape index (κ2) is 5.25. The molecule has 0 aliphatic carbocycles. The van der Waals surface area contributed by atoms with Crippen molar-refractivity contribution >= 4 is 44.0 Å². The molecule has 1 heterocycles. The number of benzene rings is 1. The number of aryl methyl sites for hydroxylation is 1. The molecule has 3 heteroatoms. The molecule has 0 aliphatic rings. The lowest BCUT2D eigenvalue weighted by molar-refractivity contribution is 0.629. The molecule has 0 unspecified atom stereocenters. The third-order valence-electron chi connectivity index (χ3n) is 2.45. The second-order valence-corrected chi connectivity index (χ2v) is 5.54. The minimum atomic E-state index is -0.129. The van der Waals surface area contributed by atoms with Crippen LogP contribution in [0.15, 0.2) is 23.6 Å². The third-order valence-corrected chi connectivity index (χ3v) is 4.22. The van der Waals surface area contributed by atoms with Crippen molar-refractivity contribution in [3.8, 4) is 0 Å². The summed E-state index contributed by atoms with van der Waals surface area (Å²) in [6, 6.07) is 5.07. The molecule has 0 radical (unpaired) electrons. The standard InChI is InChI=1S/C12H12FIS/c13-10-4-5-12-11(7-10)9(8-15-12)3-1-2-6-14/h4-5,7-8H,1-3,6H2. The Bertz CT molecular complexity index is 450. The first-order valence-corrected chi connectivity index (χ1v) is 7.43. The fourth-order valence-electron chi connectivity index (χ4n) is 1.66. The molecule has 0 atom stereocenters. The Balaban J connectivity index is 2.23. The van der Waals surface area contributed by atoms with E-state index < -0.39 is 0 Å². The summed E-state index contributed by atoms with van der Waals surface area (Å²) in [4.78, 5) is 0. The summed E-state index contributed by atoms with van der Waals surface area (Å²) in [5.41, 5.74) is 1.30. The fraction of sp³-hybridized carbons (Fsp3) is 0.333. The fourth-order valence-corrected chi connectivity index (χ4v) is 3.17. The molecule has 0 bridgehead atoms. The number of thiophene rings is 1. The summed E-state index contributed by atoms with van der Waals surface area (Å²) in [5, 5.41) is 3.27. The van der Waals surface area contributed by atoms with Gasteiger partial charge < -0.3 is 0 Å². The quantitative estimate of drug-likeness (QED) is 0.428. The van der Waals surface area contributed by atoms with Crippen molar-refractivity contribution in [1.82, 2.24) is 0 Å². The smallest absolute Gasteiger partial charge is 0.123 e. The molecule has 0 saturated heterocycles. The second-order valence-electron chi connectivity index (χ2n) is 3.55. The third kappa shape index (κ3) is 2.69. The van der Waals surface area contributed by atoms with Crippen molar-refractivity contribution in [2.24, 2.45) is 0 Å². The summed E-state index contributed by atoms with van der Waals surface area (Å²) in [7, 11) is 0. The summed E-state index contributed by atoms with van der Waals surface area (Å²) in [6.07, 6.45) is 3.52. The summed E-state index contributed by atoms with van der Waals surface area (Å²) >= 11 is 4.11. The van der Waals surface area contributed by atoms with Crippen molar-refractivity contribution in [3.63, 3.8) is 0 Å². The Kier molecular flexibility index (Phi) is 3.97. The van der Waals surface area contributed by atoms with Gasteiger partial charge in [0.25, 0.3) is 0 Å². The van der Waals surface area contributed by atoms with Gasteiger partial charge in [-0.15, -0.1) is 11.3 Å². The Morgan fingerprint density at radius 2 is 2.13 bits per heavy atom. The predicted molar refractivity (Wildman–Crippen MR) is 73.6 cm³/mol. The number of halogens is 2. The molecule has 2 rings (SSSR count). The highest BCUT2D eigenvalue weighted by Gasteiger charge is 2.04. The molecule has 0 spiro atoms. The average Bonchev–Trinajstić information content (AvgIpc) is 2.62. The van der Waals surface area contributed by atoms with Gasteiger partial charge >= 0.3 is 0 Å². The van der Waals surface area contributed by atoms with Crippen LogP contribution in [0.2, 0.25) is 0 Å². The van der Waals surface area contributed by atoms with Gasteiger partial charge in [-0.25, -0.2) is 4.39 Å². The van der Waals surface area contributed by atoms with Gasteiger partial charge in [-0.05, 0) is 58.2 Å². The number of hydrogen-bond donors (Lipinski definition) is 0. The number of unbranched alkanes of at least 4 members (excludes halogenated alkanes) is 1. The lowest BCUT2D eigenvalue weighted by atomic mass is 10.1. The SMILES string of the molecule is Fc1ccc2scc(CCCCI)c2c1. The Labute approximate surface area is 107 Å². The topological polar surface area (TPSA) is 0 Å². The monoisotopic (exact) mass is 334 g/mol. The van der Waals surface area contributed by atoms with Crippen LogP contribution in [0.1, 0.15) is 18.4 Å². The molecular weight excluding hydrogens is 322 g/mol. The van der Waals surface area contributed by atoms with Gasteiger partial charge in [0, 0.05) is 4.70 Å². The van der Waals surface area contributed by atoms with Crippen molar-refractivity contribution in [2.45, 2.75) is 19.3 Å². The van der Waals surface area contributed by atoms with E-state index in [4.69, 9.17) is 0 Å². The number of fused-ring (bicyclic) bond motifs is 1. The normalized spacial score (nSPS) is 11.1. The number of alkyl halides is 1. The van der Waals surface area contributed by atoms with Crippen LogP contribution in [0.4, 0.5) is 4.39 Å². The van der Waals surface area contributed by atoms with Crippen LogP contribution >= 0.6 is 33.9 Å². The Morgan fingerprint density at radius 3 is 2.93 bits per heavy atom. The maximum absolute atomic E-state index is 13.1. The van der Waals surface area contributed by atoms with Gasteiger partial charge in [0.05, 0.1) is 0 Å². The zero-order chi connectivity index (χ0) is 10.7. The van der Waals surface area contributed by atoms with Crippen LogP contribution in [0.5, 0.6) is 0 Å². The summed E-state index contributed by atoms with van der Waals surface area (Å²) in [5.74, 6) is -0.129. The van der Waals surface area contributed by atoms with E-state index in [9.17, 15) is 4.39 Å². The first kappa shape index (κ1) is 11.3. The van der Waals surface area contributed by atoms with Gasteiger partial charge in [-0.2, -0.15) is 0 Å². The van der Waals surface area contributed by atoms with Gasteiger partial charge in [-0.3, -0.25) is 0 Å². The van der Waals surface area contributed by atoms with E-state index in [2.05, 4.69) is 28.0 Å². The van der Waals surface area contributed by atoms with Gasteiger partial charge in [0.15, 0.2) is 0 Å². The molecular formula is C12H12FIS. The molecule has 0 N–H and O–H groups in total. The molecule has 15 heavy (non-hydrogen) atoms. The van der Waals surface area contributed by atoms with Gasteiger partial charge in [-0.1, -0.05) is 22.6 Å². The van der Waals surface area contributed by atoms with Crippen LogP contribution < -0.4 is 0 Å². The highest BCUT2D eigenvalue weighted by molar-refractivity contribution is 14.1. The zero-order valence-electron chi connectivity index (χ0n) is 8.30. The highest BCUT2D eigenvalue weighted by Crippen LogP contribution is 2.27. The first-order valence-electron chi connectivity index (χ1n) is 5.03. The van der Waals surface area contributed by atoms with E-state index in [0.29, 0.717) is 0 Å². The maximum atomic E-state index is 13.1. The molecule has 2 aromatic rings. The van der Waals surface area contributed by atoms with Crippen molar-refractivity contribution in [3.05, 3.63) is 35.0 Å². The highest BCUT2D eigenvalue weighted by atomic mass is 127. The lowest BCUT2D eigenvalue weighted by Crippen LogP contribution is -1.84. The summed E-state index contributed by atoms with van der Waals surface area (Å²) in [6.45, 7) is 0. The maximum Gasteiger partial charge on any atom is 0.123 e. The predicted octanol–water partition coefficient (Wildman–Crippen LogP) is 4.80. The van der Waals surface area contributed by atoms with Crippen molar-refractivity contribution < 1.29 is 4.39 Å². The molecule has 80 valence electrons. The number of rotatable bonds is 4. The minimum absolute atomic E-state index is 0.129. The molecule has 0 saturated carbocycles. The van der Waals surface area contributed by atoms with E-state index in [0.717, 1.165) is 11.8 Å². The van der Waals surface area contributed by atoms with Crippen LogP contribution in [0.3, 0.4) is 0 Å². The molecule has 0 amide bonds. The van der Waals surface area contributed by atoms with E-state index >= 15 is 0 Å². The van der Waals surface area contributed by atoms with Crippen molar-refractivity contribution in [2.75, 3.05) is 4.43 Å². The van der Waals surface area contributed by atoms with Gasteiger partial charge in [0.2, 0.25) is 0 Å². The molecule has 0 aliphatic heterocycles. The van der Waals surface area contributed by atoms with Crippen LogP contribution in [0.25, 0.3) is 10.1 Å². The van der Waals surface area contributed by atoms with Crippen LogP contribution in [-0.4, -0.2) is 4.43 Å². The van der Waals surface area contributed by atoms with Gasteiger partial charge in [0.1, 0.15) is 5.82 Å². The van der Waals surface area contributed by atoms with E-state index in [1.54, 1.807) is 17.4 Å². The van der Waals surface area contributed by atoms with E-state index in [1.165, 1.54) is 33.6 Å². The van der Waals surface area contributed by atoms with E-state index in [1.807, 2.05) is 6.07 Å². The minimum Gasteiger partial charge on any atom is -0.207 e. The molecule has 0 fully saturated rings. The van der Waals surface area contributed by atoms with Crippen LogP contribution in [-0.2, 0) is 6.42 Å². The van der Waals surface area contributed by atoms with Crippen molar-refractivity contribution in [1.29, 1.82) is 0 Å². The first-order chi connectivity index (χ1) is 7.31. The average molecular weight is 334 g/mol. The van der Waals surface area contributed by atoms with Crippen LogP contribution in [0, 0.1) is 5.82 Å². The lowest BCUT2D eigenvalue weighted by Gasteiger charge is -1.98. The largest absolute Gasteiger partial charge is 0.207 e. The zero-order valence-corrected chi connectivity index (χ0v) is 11.3. The molecule has 1 aromatic heterocycles. The number of hydrogen-bond acceptors (Lipinski definition) is 1. The van der Waals surface area contributed by atoms with E-state index in [-0.39, 0.29) is 5.82 Å². The molecule has 0 nitrogen and oxygen atoms in total.